The molecule has 18 heavy (non-hydrogen) atoms. The molecule has 0 aromatic carbocycles. The van der Waals surface area contributed by atoms with Crippen LogP contribution in [0.4, 0.5) is 0 Å². The molecular formula is C14H23ClO3. The van der Waals surface area contributed by atoms with E-state index in [1.165, 1.54) is 0 Å². The molecule has 104 valence electrons. The molecule has 6 atom stereocenters. The van der Waals surface area contributed by atoms with Crippen LogP contribution in [-0.2, 0) is 4.74 Å². The quantitative estimate of drug-likeness (QED) is 0.667. The summed E-state index contributed by atoms with van der Waals surface area (Å²) in [7, 11) is 0. The Morgan fingerprint density at radius 2 is 1.83 bits per heavy atom. The molecule has 0 radical (unpaired) electrons. The average Bonchev–Trinajstić information content (AvgIpc) is 2.66. The lowest BCUT2D eigenvalue weighted by Gasteiger charge is -2.58. The summed E-state index contributed by atoms with van der Waals surface area (Å²) in [5.41, 5.74) is -0.870. The van der Waals surface area contributed by atoms with Crippen LogP contribution in [0.5, 0.6) is 0 Å². The van der Waals surface area contributed by atoms with Crippen LogP contribution >= 0.6 is 11.6 Å². The molecule has 0 spiro atoms. The Balaban J connectivity index is 1.95. The molecule has 0 aromatic heterocycles. The minimum atomic E-state index is -1.05. The summed E-state index contributed by atoms with van der Waals surface area (Å²) in [6, 6.07) is 0. The van der Waals surface area contributed by atoms with Gasteiger partial charge in [0, 0.05) is 12.3 Å². The van der Waals surface area contributed by atoms with Gasteiger partial charge in [0.25, 0.3) is 0 Å². The van der Waals surface area contributed by atoms with Crippen molar-refractivity contribution in [3.63, 3.8) is 0 Å². The predicted octanol–water partition coefficient (Wildman–Crippen LogP) is 2.28. The second-order valence-electron chi connectivity index (χ2n) is 7.32. The molecule has 0 unspecified atom stereocenters. The molecule has 3 fully saturated rings. The zero-order valence-corrected chi connectivity index (χ0v) is 12.1. The van der Waals surface area contributed by atoms with Gasteiger partial charge in [-0.25, -0.2) is 0 Å². The minimum absolute atomic E-state index is 0.176. The number of alkyl halides is 1. The van der Waals surface area contributed by atoms with Gasteiger partial charge in [0.05, 0.1) is 11.5 Å². The van der Waals surface area contributed by atoms with Gasteiger partial charge in [-0.15, -0.1) is 11.6 Å². The molecule has 2 N–H and O–H groups in total. The van der Waals surface area contributed by atoms with Crippen LogP contribution in [0.25, 0.3) is 0 Å². The Kier molecular flexibility index (Phi) is 2.65. The molecule has 1 saturated carbocycles. The second-order valence-corrected chi connectivity index (χ2v) is 7.85. The van der Waals surface area contributed by atoms with Gasteiger partial charge in [-0.05, 0) is 37.5 Å². The monoisotopic (exact) mass is 274 g/mol. The van der Waals surface area contributed by atoms with Crippen molar-refractivity contribution in [2.45, 2.75) is 69.3 Å². The fraction of sp³-hybridized carbons (Fsp3) is 1.00. The van der Waals surface area contributed by atoms with E-state index < -0.39 is 11.4 Å². The Hall–Kier alpha value is 0.170. The van der Waals surface area contributed by atoms with Gasteiger partial charge >= 0.3 is 0 Å². The predicted molar refractivity (Wildman–Crippen MR) is 69.3 cm³/mol. The van der Waals surface area contributed by atoms with Crippen LogP contribution < -0.4 is 0 Å². The first kappa shape index (κ1) is 13.2. The zero-order chi connectivity index (χ0) is 13.3. The van der Waals surface area contributed by atoms with Crippen LogP contribution in [0.15, 0.2) is 0 Å². The highest BCUT2D eigenvalue weighted by Crippen LogP contribution is 2.62. The van der Waals surface area contributed by atoms with Crippen molar-refractivity contribution in [1.82, 2.24) is 0 Å². The molecular weight excluding hydrogens is 252 g/mol. The van der Waals surface area contributed by atoms with Crippen molar-refractivity contribution >= 4 is 11.6 Å². The van der Waals surface area contributed by atoms with E-state index >= 15 is 0 Å². The SMILES string of the molecule is CC1(C)C[C@H]2[C@H]1C[C@H](Cl)[C@@](C)(O)[C@@H]1CC[C@]2(O)O1. The maximum absolute atomic E-state index is 10.7. The van der Waals surface area contributed by atoms with Crippen molar-refractivity contribution in [2.24, 2.45) is 17.3 Å². The third kappa shape index (κ3) is 1.60. The maximum atomic E-state index is 10.7. The molecule has 1 aliphatic carbocycles. The molecule has 3 rings (SSSR count). The summed E-state index contributed by atoms with van der Waals surface area (Å²) < 4.78 is 5.82. The summed E-state index contributed by atoms with van der Waals surface area (Å²) in [6.45, 7) is 6.17. The Morgan fingerprint density at radius 3 is 2.44 bits per heavy atom. The first-order chi connectivity index (χ1) is 8.17. The summed E-state index contributed by atoms with van der Waals surface area (Å²) in [5, 5.41) is 21.0. The highest BCUT2D eigenvalue weighted by atomic mass is 35.5. The molecule has 0 amide bonds. The molecule has 3 nitrogen and oxygen atoms in total. The smallest absolute Gasteiger partial charge is 0.169 e. The number of hydrogen-bond donors (Lipinski definition) is 2. The van der Waals surface area contributed by atoms with Crippen LogP contribution in [0, 0.1) is 17.3 Å². The third-order valence-electron chi connectivity index (χ3n) is 5.67. The number of ether oxygens (including phenoxy) is 1. The summed E-state index contributed by atoms with van der Waals surface area (Å²) in [4.78, 5) is 0. The van der Waals surface area contributed by atoms with Gasteiger partial charge in [0.1, 0.15) is 5.60 Å². The number of rotatable bonds is 0. The minimum Gasteiger partial charge on any atom is -0.386 e. The van der Waals surface area contributed by atoms with Crippen molar-refractivity contribution in [2.75, 3.05) is 0 Å². The van der Waals surface area contributed by atoms with Crippen LogP contribution in [0.2, 0.25) is 0 Å². The van der Waals surface area contributed by atoms with E-state index in [1.807, 2.05) is 0 Å². The van der Waals surface area contributed by atoms with Crippen LogP contribution in [0.3, 0.4) is 0 Å². The number of aliphatic hydroxyl groups is 2. The van der Waals surface area contributed by atoms with Gasteiger partial charge in [-0.1, -0.05) is 13.8 Å². The van der Waals surface area contributed by atoms with E-state index in [0.717, 1.165) is 12.8 Å². The lowest BCUT2D eigenvalue weighted by Crippen LogP contribution is -2.61. The number of halogens is 1. The van der Waals surface area contributed by atoms with Crippen LogP contribution in [-0.4, -0.2) is 33.1 Å². The molecule has 0 aromatic rings. The van der Waals surface area contributed by atoms with Gasteiger partial charge in [-0.2, -0.15) is 0 Å². The molecule has 3 aliphatic rings. The Labute approximate surface area is 113 Å². The fourth-order valence-corrected chi connectivity index (χ4v) is 4.58. The highest BCUT2D eigenvalue weighted by Gasteiger charge is 2.63. The highest BCUT2D eigenvalue weighted by molar-refractivity contribution is 6.21. The first-order valence-electron chi connectivity index (χ1n) is 6.93. The summed E-state index contributed by atoms with van der Waals surface area (Å²) in [6.07, 6.45) is 2.71. The molecule has 2 aliphatic heterocycles. The summed E-state index contributed by atoms with van der Waals surface area (Å²) in [5.74, 6) is -0.531. The van der Waals surface area contributed by atoms with E-state index in [9.17, 15) is 10.2 Å². The lowest BCUT2D eigenvalue weighted by molar-refractivity contribution is -0.303. The lowest BCUT2D eigenvalue weighted by atomic mass is 9.51. The maximum Gasteiger partial charge on any atom is 0.169 e. The third-order valence-corrected chi connectivity index (χ3v) is 6.29. The van der Waals surface area contributed by atoms with Gasteiger partial charge in [0.2, 0.25) is 0 Å². The Morgan fingerprint density at radius 1 is 1.17 bits per heavy atom. The normalized spacial score (nSPS) is 58.3. The standard InChI is InChI=1S/C14H23ClO3/c1-12(2)7-9-8(12)6-10(15)13(3,16)11-4-5-14(9,17)18-11/h8-11,16-17H,4-7H2,1-3H3/t8-,9+,10+,11+,13-,14+/m1/s1. The second kappa shape index (κ2) is 3.63. The molecule has 2 heterocycles. The van der Waals surface area contributed by atoms with E-state index in [-0.39, 0.29) is 22.8 Å². The largest absolute Gasteiger partial charge is 0.386 e. The van der Waals surface area contributed by atoms with E-state index in [0.29, 0.717) is 18.8 Å². The van der Waals surface area contributed by atoms with Crippen LogP contribution in [0.1, 0.15) is 46.5 Å². The number of hydrogen-bond acceptors (Lipinski definition) is 3. The van der Waals surface area contributed by atoms with Crippen molar-refractivity contribution in [1.29, 1.82) is 0 Å². The van der Waals surface area contributed by atoms with Crippen molar-refractivity contribution < 1.29 is 14.9 Å². The van der Waals surface area contributed by atoms with E-state index in [2.05, 4.69) is 13.8 Å². The first-order valence-corrected chi connectivity index (χ1v) is 7.37. The molecule has 2 bridgehead atoms. The molecule has 2 saturated heterocycles. The van der Waals surface area contributed by atoms with Gasteiger partial charge in [-0.3, -0.25) is 0 Å². The average molecular weight is 275 g/mol. The van der Waals surface area contributed by atoms with Gasteiger partial charge in [0.15, 0.2) is 5.79 Å². The topological polar surface area (TPSA) is 49.7 Å². The summed E-state index contributed by atoms with van der Waals surface area (Å²) >= 11 is 6.43. The van der Waals surface area contributed by atoms with Crippen molar-refractivity contribution in [3.05, 3.63) is 0 Å². The zero-order valence-electron chi connectivity index (χ0n) is 11.3. The Bertz CT molecular complexity index is 368. The van der Waals surface area contributed by atoms with Crippen molar-refractivity contribution in [3.8, 4) is 0 Å². The van der Waals surface area contributed by atoms with Gasteiger partial charge < -0.3 is 14.9 Å². The fourth-order valence-electron chi connectivity index (χ4n) is 4.25. The number of fused-ring (bicyclic) bond motifs is 4. The van der Waals surface area contributed by atoms with E-state index in [4.69, 9.17) is 16.3 Å². The molecule has 4 heteroatoms. The van der Waals surface area contributed by atoms with E-state index in [1.54, 1.807) is 6.92 Å².